The van der Waals surface area contributed by atoms with Gasteiger partial charge in [0.25, 0.3) is 0 Å². The van der Waals surface area contributed by atoms with Gasteiger partial charge in [0, 0.05) is 16.6 Å². The summed E-state index contributed by atoms with van der Waals surface area (Å²) in [5.74, 6) is 0. The number of aryl methyl sites for hydroxylation is 1. The van der Waals surface area contributed by atoms with Gasteiger partial charge in [-0.2, -0.15) is 0 Å². The SMILES string of the molecule is Cc1nc(-c2cccc(Br)c2)sc1C(O)CN. The molecule has 0 fully saturated rings. The van der Waals surface area contributed by atoms with E-state index in [9.17, 15) is 5.11 Å². The van der Waals surface area contributed by atoms with Crippen LogP contribution in [0, 0.1) is 6.92 Å². The summed E-state index contributed by atoms with van der Waals surface area (Å²) in [4.78, 5) is 5.32. The molecule has 1 aromatic heterocycles. The van der Waals surface area contributed by atoms with E-state index in [0.29, 0.717) is 0 Å². The second-order valence-corrected chi connectivity index (χ2v) is 5.68. The Morgan fingerprint density at radius 3 is 2.94 bits per heavy atom. The predicted octanol–water partition coefficient (Wildman–Crippen LogP) is 2.87. The van der Waals surface area contributed by atoms with Gasteiger partial charge in [0.1, 0.15) is 11.1 Å². The molecule has 1 aromatic carbocycles. The van der Waals surface area contributed by atoms with Crippen LogP contribution in [0.25, 0.3) is 10.6 Å². The van der Waals surface area contributed by atoms with Crippen LogP contribution in [0.5, 0.6) is 0 Å². The number of nitrogens with zero attached hydrogens (tertiary/aromatic N) is 1. The molecule has 3 nitrogen and oxygen atoms in total. The van der Waals surface area contributed by atoms with Crippen LogP contribution in [0.15, 0.2) is 28.7 Å². The van der Waals surface area contributed by atoms with Crippen LogP contribution >= 0.6 is 27.3 Å². The first-order valence-corrected chi connectivity index (χ1v) is 6.84. The van der Waals surface area contributed by atoms with Crippen LogP contribution < -0.4 is 5.73 Å². The molecule has 0 amide bonds. The molecule has 1 atom stereocenters. The van der Waals surface area contributed by atoms with Crippen LogP contribution in [0.3, 0.4) is 0 Å². The maximum Gasteiger partial charge on any atom is 0.123 e. The molecule has 90 valence electrons. The van der Waals surface area contributed by atoms with E-state index in [2.05, 4.69) is 20.9 Å². The number of rotatable bonds is 3. The minimum Gasteiger partial charge on any atom is -0.386 e. The largest absolute Gasteiger partial charge is 0.386 e. The van der Waals surface area contributed by atoms with E-state index in [4.69, 9.17) is 5.73 Å². The zero-order chi connectivity index (χ0) is 12.4. The Morgan fingerprint density at radius 2 is 2.29 bits per heavy atom. The Balaban J connectivity index is 2.41. The lowest BCUT2D eigenvalue weighted by molar-refractivity contribution is 0.189. The van der Waals surface area contributed by atoms with Crippen LogP contribution in [0.4, 0.5) is 0 Å². The van der Waals surface area contributed by atoms with Crippen molar-refractivity contribution in [2.45, 2.75) is 13.0 Å². The fourth-order valence-electron chi connectivity index (χ4n) is 1.57. The second-order valence-electron chi connectivity index (χ2n) is 3.73. The molecule has 0 aliphatic heterocycles. The van der Waals surface area contributed by atoms with E-state index < -0.39 is 6.10 Å². The maximum absolute atomic E-state index is 9.76. The summed E-state index contributed by atoms with van der Waals surface area (Å²) in [6, 6.07) is 7.95. The molecule has 0 saturated carbocycles. The molecule has 1 unspecified atom stereocenters. The standard InChI is InChI=1S/C12H13BrN2OS/c1-7-11(10(16)6-14)17-12(15-7)8-3-2-4-9(13)5-8/h2-5,10,16H,6,14H2,1H3. The number of hydrogen-bond acceptors (Lipinski definition) is 4. The van der Waals surface area contributed by atoms with Gasteiger partial charge < -0.3 is 10.8 Å². The number of hydrogen-bond donors (Lipinski definition) is 2. The Labute approximate surface area is 112 Å². The van der Waals surface area contributed by atoms with Crippen molar-refractivity contribution < 1.29 is 5.11 Å². The Morgan fingerprint density at radius 1 is 1.53 bits per heavy atom. The molecule has 1 heterocycles. The highest BCUT2D eigenvalue weighted by atomic mass is 79.9. The lowest BCUT2D eigenvalue weighted by atomic mass is 10.2. The van der Waals surface area contributed by atoms with Crippen LogP contribution in [-0.2, 0) is 0 Å². The van der Waals surface area contributed by atoms with Crippen molar-refractivity contribution in [2.75, 3.05) is 6.54 Å². The van der Waals surface area contributed by atoms with Gasteiger partial charge in [-0.3, -0.25) is 0 Å². The minimum absolute atomic E-state index is 0.223. The summed E-state index contributed by atoms with van der Waals surface area (Å²) in [6.07, 6.45) is -0.617. The van der Waals surface area contributed by atoms with Gasteiger partial charge in [-0.15, -0.1) is 11.3 Å². The van der Waals surface area contributed by atoms with Gasteiger partial charge in [-0.05, 0) is 19.1 Å². The first kappa shape index (κ1) is 12.7. The van der Waals surface area contributed by atoms with Gasteiger partial charge in [0.05, 0.1) is 10.6 Å². The summed E-state index contributed by atoms with van der Waals surface area (Å²) in [6.45, 7) is 2.12. The molecule has 0 bridgehead atoms. The quantitative estimate of drug-likeness (QED) is 0.916. The highest BCUT2D eigenvalue weighted by Gasteiger charge is 2.15. The third-order valence-electron chi connectivity index (χ3n) is 2.43. The number of halogens is 1. The molecule has 3 N–H and O–H groups in total. The van der Waals surface area contributed by atoms with Gasteiger partial charge in [0.15, 0.2) is 0 Å². The van der Waals surface area contributed by atoms with E-state index >= 15 is 0 Å². The molecular weight excluding hydrogens is 300 g/mol. The monoisotopic (exact) mass is 312 g/mol. The summed E-state index contributed by atoms with van der Waals surface area (Å²) in [5, 5.41) is 10.7. The number of aliphatic hydroxyl groups excluding tert-OH is 1. The number of aliphatic hydroxyl groups is 1. The molecule has 2 rings (SSSR count). The van der Waals surface area contributed by atoms with Crippen molar-refractivity contribution in [3.63, 3.8) is 0 Å². The average molecular weight is 313 g/mol. The highest BCUT2D eigenvalue weighted by molar-refractivity contribution is 9.10. The summed E-state index contributed by atoms with van der Waals surface area (Å²) >= 11 is 4.93. The maximum atomic E-state index is 9.76. The van der Waals surface area contributed by atoms with Crippen molar-refractivity contribution in [1.82, 2.24) is 4.98 Å². The first-order valence-electron chi connectivity index (χ1n) is 5.23. The number of thiazole rings is 1. The fourth-order valence-corrected chi connectivity index (χ4v) is 3.03. The number of nitrogens with two attached hydrogens (primary N) is 1. The molecule has 0 aliphatic rings. The lowest BCUT2D eigenvalue weighted by Gasteiger charge is -2.03. The van der Waals surface area contributed by atoms with Crippen molar-refractivity contribution in [2.24, 2.45) is 5.73 Å². The molecule has 0 radical (unpaired) electrons. The first-order chi connectivity index (χ1) is 8.11. The average Bonchev–Trinajstić information content (AvgIpc) is 2.70. The third kappa shape index (κ3) is 2.74. The summed E-state index contributed by atoms with van der Waals surface area (Å²) in [5.41, 5.74) is 7.36. The number of aromatic nitrogens is 1. The Bertz CT molecular complexity index is 527. The number of benzene rings is 1. The third-order valence-corrected chi connectivity index (χ3v) is 4.23. The molecule has 0 aliphatic carbocycles. The van der Waals surface area contributed by atoms with E-state index in [1.54, 1.807) is 0 Å². The van der Waals surface area contributed by atoms with Gasteiger partial charge in [-0.25, -0.2) is 4.98 Å². The van der Waals surface area contributed by atoms with Crippen LogP contribution in [-0.4, -0.2) is 16.6 Å². The molecule has 0 spiro atoms. The molecule has 5 heteroatoms. The Hall–Kier alpha value is -0.750. The lowest BCUT2D eigenvalue weighted by Crippen LogP contribution is -2.10. The van der Waals surface area contributed by atoms with Crippen molar-refractivity contribution in [1.29, 1.82) is 0 Å². The van der Waals surface area contributed by atoms with E-state index in [-0.39, 0.29) is 6.54 Å². The Kier molecular flexibility index (Phi) is 3.93. The molecule has 0 saturated heterocycles. The molecule has 2 aromatic rings. The van der Waals surface area contributed by atoms with E-state index in [1.807, 2.05) is 31.2 Å². The van der Waals surface area contributed by atoms with E-state index in [0.717, 1.165) is 25.6 Å². The van der Waals surface area contributed by atoms with Crippen LogP contribution in [0.2, 0.25) is 0 Å². The predicted molar refractivity (Wildman–Crippen MR) is 74.0 cm³/mol. The zero-order valence-electron chi connectivity index (χ0n) is 9.35. The second kappa shape index (κ2) is 5.27. The normalized spacial score (nSPS) is 12.7. The van der Waals surface area contributed by atoms with Gasteiger partial charge in [0.2, 0.25) is 0 Å². The molecular formula is C12H13BrN2OS. The summed E-state index contributed by atoms with van der Waals surface area (Å²) < 4.78 is 1.02. The van der Waals surface area contributed by atoms with Gasteiger partial charge in [-0.1, -0.05) is 28.1 Å². The molecule has 17 heavy (non-hydrogen) atoms. The topological polar surface area (TPSA) is 59.1 Å². The van der Waals surface area contributed by atoms with Crippen LogP contribution in [0.1, 0.15) is 16.7 Å². The fraction of sp³-hybridized carbons (Fsp3) is 0.250. The van der Waals surface area contributed by atoms with Gasteiger partial charge >= 0.3 is 0 Å². The summed E-state index contributed by atoms with van der Waals surface area (Å²) in [7, 11) is 0. The minimum atomic E-state index is -0.617. The van der Waals surface area contributed by atoms with E-state index in [1.165, 1.54) is 11.3 Å². The van der Waals surface area contributed by atoms with Crippen molar-refractivity contribution in [3.8, 4) is 10.6 Å². The highest BCUT2D eigenvalue weighted by Crippen LogP contribution is 2.32. The zero-order valence-corrected chi connectivity index (χ0v) is 11.8. The van der Waals surface area contributed by atoms with Crippen molar-refractivity contribution in [3.05, 3.63) is 39.3 Å². The van der Waals surface area contributed by atoms with Crippen molar-refractivity contribution >= 4 is 27.3 Å². The smallest absolute Gasteiger partial charge is 0.123 e.